The van der Waals surface area contributed by atoms with Crippen molar-refractivity contribution in [1.82, 2.24) is 10.2 Å². The van der Waals surface area contributed by atoms with Gasteiger partial charge in [0, 0.05) is 12.1 Å². The molecule has 0 aromatic carbocycles. The van der Waals surface area contributed by atoms with Gasteiger partial charge in [-0.3, -0.25) is 10.1 Å². The molecule has 0 radical (unpaired) electrons. The Bertz CT molecular complexity index is 343. The predicted molar refractivity (Wildman–Crippen MR) is 80.9 cm³/mol. The Morgan fingerprint density at radius 3 is 2.60 bits per heavy atom. The molecule has 20 heavy (non-hydrogen) atoms. The van der Waals surface area contributed by atoms with Crippen molar-refractivity contribution in [3.8, 4) is 0 Å². The summed E-state index contributed by atoms with van der Waals surface area (Å²) in [5, 5.41) is 12.8. The molecular weight excluding hydrogens is 252 g/mol. The van der Waals surface area contributed by atoms with Gasteiger partial charge in [0.25, 0.3) is 0 Å². The largest absolute Gasteiger partial charge is 0.480 e. The lowest BCUT2D eigenvalue weighted by Crippen LogP contribution is -2.51. The molecule has 3 unspecified atom stereocenters. The third-order valence-corrected chi connectivity index (χ3v) is 4.97. The monoisotopic (exact) mass is 282 g/mol. The van der Waals surface area contributed by atoms with Gasteiger partial charge in [-0.1, -0.05) is 6.92 Å². The van der Waals surface area contributed by atoms with Crippen LogP contribution in [0.3, 0.4) is 0 Å². The number of rotatable bonds is 7. The van der Waals surface area contributed by atoms with E-state index < -0.39 is 11.5 Å². The van der Waals surface area contributed by atoms with E-state index in [0.29, 0.717) is 12.1 Å². The topological polar surface area (TPSA) is 52.6 Å². The van der Waals surface area contributed by atoms with Crippen LogP contribution in [0.15, 0.2) is 0 Å². The minimum Gasteiger partial charge on any atom is -0.480 e. The van der Waals surface area contributed by atoms with Gasteiger partial charge in [0.1, 0.15) is 5.54 Å². The first-order chi connectivity index (χ1) is 9.40. The van der Waals surface area contributed by atoms with Crippen molar-refractivity contribution in [2.75, 3.05) is 13.1 Å². The summed E-state index contributed by atoms with van der Waals surface area (Å²) in [6.45, 7) is 8.67. The van der Waals surface area contributed by atoms with Crippen molar-refractivity contribution in [1.29, 1.82) is 0 Å². The van der Waals surface area contributed by atoms with Crippen LogP contribution in [0.1, 0.15) is 59.3 Å². The summed E-state index contributed by atoms with van der Waals surface area (Å²) in [7, 11) is 0. The van der Waals surface area contributed by atoms with Crippen LogP contribution < -0.4 is 5.32 Å². The molecule has 3 atom stereocenters. The van der Waals surface area contributed by atoms with E-state index in [1.54, 1.807) is 0 Å². The highest BCUT2D eigenvalue weighted by Gasteiger charge is 2.38. The van der Waals surface area contributed by atoms with Crippen LogP contribution in [-0.2, 0) is 4.79 Å². The van der Waals surface area contributed by atoms with Crippen molar-refractivity contribution in [2.24, 2.45) is 5.92 Å². The summed E-state index contributed by atoms with van der Waals surface area (Å²) in [4.78, 5) is 14.0. The van der Waals surface area contributed by atoms with Crippen LogP contribution in [0.2, 0.25) is 0 Å². The van der Waals surface area contributed by atoms with Crippen molar-refractivity contribution in [3.05, 3.63) is 0 Å². The van der Waals surface area contributed by atoms with Crippen LogP contribution in [0.5, 0.6) is 0 Å². The van der Waals surface area contributed by atoms with Crippen molar-refractivity contribution >= 4 is 5.97 Å². The highest BCUT2D eigenvalue weighted by atomic mass is 16.4. The second-order valence-electron chi connectivity index (χ2n) is 7.17. The van der Waals surface area contributed by atoms with Crippen molar-refractivity contribution < 1.29 is 9.90 Å². The third kappa shape index (κ3) is 4.19. The molecule has 1 aliphatic carbocycles. The van der Waals surface area contributed by atoms with E-state index in [-0.39, 0.29) is 0 Å². The molecule has 1 heterocycles. The van der Waals surface area contributed by atoms with Gasteiger partial charge in [-0.2, -0.15) is 0 Å². The maximum absolute atomic E-state index is 11.5. The zero-order valence-electron chi connectivity index (χ0n) is 13.2. The number of aliphatic carboxylic acids is 1. The molecule has 1 saturated carbocycles. The second kappa shape index (κ2) is 6.44. The Morgan fingerprint density at radius 2 is 2.05 bits per heavy atom. The number of hydrogen-bond donors (Lipinski definition) is 2. The third-order valence-electron chi connectivity index (χ3n) is 4.97. The average molecular weight is 282 g/mol. The number of carboxylic acids is 1. The molecule has 1 aliphatic heterocycles. The van der Waals surface area contributed by atoms with Gasteiger partial charge >= 0.3 is 5.97 Å². The fourth-order valence-corrected chi connectivity index (χ4v) is 3.34. The van der Waals surface area contributed by atoms with Crippen LogP contribution >= 0.6 is 0 Å². The summed E-state index contributed by atoms with van der Waals surface area (Å²) >= 11 is 0. The molecule has 2 aliphatic rings. The smallest absolute Gasteiger partial charge is 0.323 e. The number of carbonyl (C=O) groups is 1. The highest BCUT2D eigenvalue weighted by Crippen LogP contribution is 2.26. The van der Waals surface area contributed by atoms with E-state index in [4.69, 9.17) is 0 Å². The zero-order valence-corrected chi connectivity index (χ0v) is 13.2. The number of nitrogens with zero attached hydrogens (tertiary/aromatic N) is 1. The van der Waals surface area contributed by atoms with Gasteiger partial charge in [0.15, 0.2) is 0 Å². The molecule has 0 aromatic heterocycles. The van der Waals surface area contributed by atoms with Gasteiger partial charge in [-0.05, 0) is 71.4 Å². The Hall–Kier alpha value is -0.610. The summed E-state index contributed by atoms with van der Waals surface area (Å²) < 4.78 is 0. The lowest BCUT2D eigenvalue weighted by atomic mass is 9.92. The normalized spacial score (nSPS) is 30.9. The zero-order chi connectivity index (χ0) is 14.8. The molecular formula is C16H30N2O2. The Morgan fingerprint density at radius 1 is 1.35 bits per heavy atom. The lowest BCUT2D eigenvalue weighted by Gasteiger charge is -2.37. The molecule has 2 fully saturated rings. The van der Waals surface area contributed by atoms with Crippen molar-refractivity contribution in [2.45, 2.75) is 76.9 Å². The molecule has 0 bridgehead atoms. The minimum absolute atomic E-state index is 0.436. The minimum atomic E-state index is -0.743. The van der Waals surface area contributed by atoms with Gasteiger partial charge in [-0.15, -0.1) is 0 Å². The van der Waals surface area contributed by atoms with Gasteiger partial charge in [0.2, 0.25) is 0 Å². The fraction of sp³-hybridized carbons (Fsp3) is 0.938. The number of carboxylic acid groups (broad SMARTS) is 1. The Labute approximate surface area is 122 Å². The molecule has 2 N–H and O–H groups in total. The first-order valence-corrected chi connectivity index (χ1v) is 8.16. The summed E-state index contributed by atoms with van der Waals surface area (Å²) in [5.74, 6) is 0.131. The molecule has 1 saturated heterocycles. The SMILES string of the molecule is CC1CCN(CCCC(C)(NC2CC2)C(=O)O)C(C)C1. The van der Waals surface area contributed by atoms with Gasteiger partial charge < -0.3 is 10.0 Å². The molecule has 0 spiro atoms. The number of nitrogens with one attached hydrogen (secondary N) is 1. The molecule has 116 valence electrons. The average Bonchev–Trinajstić information content (AvgIpc) is 3.15. The maximum Gasteiger partial charge on any atom is 0.323 e. The summed E-state index contributed by atoms with van der Waals surface area (Å²) in [6, 6.07) is 1.08. The fourth-order valence-electron chi connectivity index (χ4n) is 3.34. The van der Waals surface area contributed by atoms with E-state index in [9.17, 15) is 9.90 Å². The van der Waals surface area contributed by atoms with Crippen molar-refractivity contribution in [3.63, 3.8) is 0 Å². The number of piperidine rings is 1. The Balaban J connectivity index is 1.76. The standard InChI is InChI=1S/C16H30N2O2/c1-12-7-10-18(13(2)11-12)9-4-8-16(3,15(19)20)17-14-5-6-14/h12-14,17H,4-11H2,1-3H3,(H,19,20). The van der Waals surface area contributed by atoms with E-state index in [0.717, 1.165) is 38.1 Å². The molecule has 2 rings (SSSR count). The van der Waals surface area contributed by atoms with E-state index in [1.165, 1.54) is 19.4 Å². The Kier molecular flexibility index (Phi) is 5.08. The lowest BCUT2D eigenvalue weighted by molar-refractivity contribution is -0.144. The molecule has 4 heteroatoms. The summed E-state index contributed by atoms with van der Waals surface area (Å²) in [6.07, 6.45) is 6.49. The van der Waals surface area contributed by atoms with E-state index in [1.807, 2.05) is 6.92 Å². The van der Waals surface area contributed by atoms with E-state index in [2.05, 4.69) is 24.1 Å². The molecule has 4 nitrogen and oxygen atoms in total. The second-order valence-corrected chi connectivity index (χ2v) is 7.17. The van der Waals surface area contributed by atoms with Crippen LogP contribution in [0.25, 0.3) is 0 Å². The van der Waals surface area contributed by atoms with Gasteiger partial charge in [0.05, 0.1) is 0 Å². The highest BCUT2D eigenvalue weighted by molar-refractivity contribution is 5.78. The molecule has 0 amide bonds. The quantitative estimate of drug-likeness (QED) is 0.753. The van der Waals surface area contributed by atoms with Gasteiger partial charge in [-0.25, -0.2) is 0 Å². The van der Waals surface area contributed by atoms with E-state index >= 15 is 0 Å². The summed E-state index contributed by atoms with van der Waals surface area (Å²) in [5.41, 5.74) is -0.743. The number of hydrogen-bond acceptors (Lipinski definition) is 3. The first-order valence-electron chi connectivity index (χ1n) is 8.16. The maximum atomic E-state index is 11.5. The van der Waals surface area contributed by atoms with Crippen LogP contribution in [-0.4, -0.2) is 46.7 Å². The van der Waals surface area contributed by atoms with Crippen LogP contribution in [0.4, 0.5) is 0 Å². The van der Waals surface area contributed by atoms with Crippen LogP contribution in [0, 0.1) is 5.92 Å². The predicted octanol–water partition coefficient (Wildman–Crippen LogP) is 2.48. The first kappa shape index (κ1) is 15.8. The number of likely N-dealkylation sites (tertiary alicyclic amines) is 1. The molecule has 0 aromatic rings.